The Hall–Kier alpha value is -0.700. The summed E-state index contributed by atoms with van der Waals surface area (Å²) in [5.74, 6) is 5.85. The van der Waals surface area contributed by atoms with Gasteiger partial charge in [-0.25, -0.2) is 0 Å². The molecule has 0 rings (SSSR count). The molecule has 0 atom stereocenters. The summed E-state index contributed by atoms with van der Waals surface area (Å²) in [4.78, 5) is 0. The molecular weight excluding hydrogens is 96.1 g/mol. The number of hydrogen-bond acceptors (Lipinski definition) is 0. The Morgan fingerprint density at radius 1 is 1.38 bits per heavy atom. The molecule has 0 aromatic heterocycles. The molecule has 0 aliphatic carbocycles. The first-order valence-electron chi connectivity index (χ1n) is 3.05. The van der Waals surface area contributed by atoms with Gasteiger partial charge in [0, 0.05) is 6.42 Å². The maximum atomic E-state index is 2.95. The van der Waals surface area contributed by atoms with Crippen LogP contribution >= 0.6 is 0 Å². The maximum Gasteiger partial charge on any atom is 0.00637 e. The van der Waals surface area contributed by atoms with Gasteiger partial charge in [-0.15, -0.1) is 0 Å². The van der Waals surface area contributed by atoms with Gasteiger partial charge in [-0.05, 0) is 12.5 Å². The highest BCUT2D eigenvalue weighted by Gasteiger charge is 1.59. The molecule has 0 fully saturated rings. The van der Waals surface area contributed by atoms with Crippen molar-refractivity contribution in [2.24, 2.45) is 0 Å². The van der Waals surface area contributed by atoms with Gasteiger partial charge in [0.1, 0.15) is 0 Å². The normalized spacial score (nSPS) is 8.75. The fourth-order valence-corrected chi connectivity index (χ4v) is 0.338. The van der Waals surface area contributed by atoms with Crippen LogP contribution in [0.4, 0.5) is 0 Å². The van der Waals surface area contributed by atoms with Gasteiger partial charge in [-0.3, -0.25) is 0 Å². The Labute approximate surface area is 51.6 Å². The van der Waals surface area contributed by atoms with E-state index in [0.717, 1.165) is 12.8 Å². The van der Waals surface area contributed by atoms with Crippen LogP contribution in [0.1, 0.15) is 26.7 Å². The third kappa shape index (κ3) is 5.30. The molecule has 0 aromatic rings. The predicted octanol–water partition coefficient (Wildman–Crippen LogP) is 2.37. The fourth-order valence-electron chi connectivity index (χ4n) is 0.338. The Kier molecular flexibility index (Phi) is 5.75. The summed E-state index contributed by atoms with van der Waals surface area (Å²) in [6.07, 6.45) is 6.00. The Balaban J connectivity index is 3.26. The van der Waals surface area contributed by atoms with E-state index in [-0.39, 0.29) is 0 Å². The molecule has 0 nitrogen and oxygen atoms in total. The van der Waals surface area contributed by atoms with E-state index in [2.05, 4.69) is 24.8 Å². The third-order valence-corrected chi connectivity index (χ3v) is 0.716. The van der Waals surface area contributed by atoms with E-state index in [1.165, 1.54) is 0 Å². The lowest BCUT2D eigenvalue weighted by Gasteiger charge is -1.69. The second-order valence-corrected chi connectivity index (χ2v) is 1.49. The number of rotatable bonds is 1. The summed E-state index contributed by atoms with van der Waals surface area (Å²) in [7, 11) is 0. The molecular formula is C8H12. The second-order valence-electron chi connectivity index (χ2n) is 1.49. The smallest absolute Gasteiger partial charge is 0.00637 e. The largest absolute Gasteiger partial charge is 0.0988 e. The van der Waals surface area contributed by atoms with Gasteiger partial charge in [0.25, 0.3) is 0 Å². The first-order chi connectivity index (χ1) is 3.91. The zero-order chi connectivity index (χ0) is 6.24. The van der Waals surface area contributed by atoms with Crippen molar-refractivity contribution in [2.75, 3.05) is 0 Å². The molecule has 8 heavy (non-hydrogen) atoms. The van der Waals surface area contributed by atoms with Gasteiger partial charge >= 0.3 is 0 Å². The minimum absolute atomic E-state index is 0.952. The molecule has 0 aliphatic rings. The van der Waals surface area contributed by atoms with Gasteiger partial charge in [-0.1, -0.05) is 31.8 Å². The Bertz CT molecular complexity index is 110. The SMILES string of the molecule is CCC#C/C=C/CC. The van der Waals surface area contributed by atoms with Crippen molar-refractivity contribution in [3.05, 3.63) is 12.2 Å². The summed E-state index contributed by atoms with van der Waals surface area (Å²) in [5.41, 5.74) is 0. The molecule has 0 radical (unpaired) electrons. The first kappa shape index (κ1) is 7.30. The molecule has 0 saturated heterocycles. The Morgan fingerprint density at radius 2 is 2.12 bits per heavy atom. The lowest BCUT2D eigenvalue weighted by Crippen LogP contribution is -1.53. The van der Waals surface area contributed by atoms with Crippen molar-refractivity contribution in [1.29, 1.82) is 0 Å². The average molecular weight is 108 g/mol. The predicted molar refractivity (Wildman–Crippen MR) is 37.5 cm³/mol. The molecule has 44 valence electrons. The first-order valence-corrected chi connectivity index (χ1v) is 3.05. The van der Waals surface area contributed by atoms with Crippen molar-refractivity contribution < 1.29 is 0 Å². The van der Waals surface area contributed by atoms with Gasteiger partial charge in [-0.2, -0.15) is 0 Å². The standard InChI is InChI=1S/C8H12/c1-3-5-7-8-6-4-2/h5,7H,3-4H2,1-2H3/b7-5+. The molecule has 0 spiro atoms. The van der Waals surface area contributed by atoms with Crippen molar-refractivity contribution >= 4 is 0 Å². The van der Waals surface area contributed by atoms with Crippen LogP contribution in [0.3, 0.4) is 0 Å². The summed E-state index contributed by atoms with van der Waals surface area (Å²) in [6.45, 7) is 4.15. The highest BCUT2D eigenvalue weighted by molar-refractivity contribution is 5.14. The van der Waals surface area contributed by atoms with Crippen molar-refractivity contribution in [3.63, 3.8) is 0 Å². The van der Waals surface area contributed by atoms with Crippen molar-refractivity contribution in [1.82, 2.24) is 0 Å². The second kappa shape index (κ2) is 6.30. The van der Waals surface area contributed by atoms with Gasteiger partial charge < -0.3 is 0 Å². The molecule has 0 unspecified atom stereocenters. The van der Waals surface area contributed by atoms with Crippen LogP contribution in [0.25, 0.3) is 0 Å². The molecule has 0 amide bonds. The van der Waals surface area contributed by atoms with Gasteiger partial charge in [0.05, 0.1) is 0 Å². The van der Waals surface area contributed by atoms with Crippen LogP contribution < -0.4 is 0 Å². The summed E-state index contributed by atoms with van der Waals surface area (Å²) in [6, 6.07) is 0. The minimum Gasteiger partial charge on any atom is -0.0988 e. The monoisotopic (exact) mass is 108 g/mol. The molecule has 0 bridgehead atoms. The van der Waals surface area contributed by atoms with Crippen LogP contribution in [0.5, 0.6) is 0 Å². The highest BCUT2D eigenvalue weighted by Crippen LogP contribution is 1.76. The quantitative estimate of drug-likeness (QED) is 0.452. The molecule has 0 saturated carbocycles. The number of allylic oxidation sites excluding steroid dienone is 2. The maximum absolute atomic E-state index is 2.95. The van der Waals surface area contributed by atoms with Crippen molar-refractivity contribution in [2.45, 2.75) is 26.7 Å². The molecule has 0 aromatic carbocycles. The van der Waals surface area contributed by atoms with E-state index in [1.54, 1.807) is 0 Å². The lowest BCUT2D eigenvalue weighted by molar-refractivity contribution is 1.22. The fraction of sp³-hybridized carbons (Fsp3) is 0.500. The summed E-state index contributed by atoms with van der Waals surface area (Å²) >= 11 is 0. The van der Waals surface area contributed by atoms with Gasteiger partial charge in [0.15, 0.2) is 0 Å². The average Bonchev–Trinajstić information content (AvgIpc) is 1.81. The van der Waals surface area contributed by atoms with Crippen LogP contribution in [-0.4, -0.2) is 0 Å². The minimum atomic E-state index is 0.952. The van der Waals surface area contributed by atoms with E-state index in [9.17, 15) is 0 Å². The van der Waals surface area contributed by atoms with Crippen molar-refractivity contribution in [3.8, 4) is 11.8 Å². The Morgan fingerprint density at radius 3 is 2.62 bits per heavy atom. The molecule has 0 aliphatic heterocycles. The van der Waals surface area contributed by atoms with Crippen LogP contribution in [0.2, 0.25) is 0 Å². The molecule has 0 heterocycles. The summed E-state index contributed by atoms with van der Waals surface area (Å²) in [5, 5.41) is 0. The van der Waals surface area contributed by atoms with E-state index in [1.807, 2.05) is 13.0 Å². The highest BCUT2D eigenvalue weighted by atomic mass is 13.7. The zero-order valence-electron chi connectivity index (χ0n) is 5.57. The lowest BCUT2D eigenvalue weighted by atomic mass is 10.4. The zero-order valence-corrected chi connectivity index (χ0v) is 5.57. The van der Waals surface area contributed by atoms with Crippen LogP contribution in [-0.2, 0) is 0 Å². The topological polar surface area (TPSA) is 0 Å². The van der Waals surface area contributed by atoms with Crippen LogP contribution in [0.15, 0.2) is 12.2 Å². The third-order valence-electron chi connectivity index (χ3n) is 0.716. The van der Waals surface area contributed by atoms with Gasteiger partial charge in [0.2, 0.25) is 0 Å². The van der Waals surface area contributed by atoms with Crippen LogP contribution in [0, 0.1) is 11.8 Å². The molecule has 0 N–H and O–H groups in total. The van der Waals surface area contributed by atoms with E-state index in [0.29, 0.717) is 0 Å². The summed E-state index contributed by atoms with van der Waals surface area (Å²) < 4.78 is 0. The van der Waals surface area contributed by atoms with E-state index in [4.69, 9.17) is 0 Å². The van der Waals surface area contributed by atoms with E-state index < -0.39 is 0 Å². The van der Waals surface area contributed by atoms with E-state index >= 15 is 0 Å². The molecule has 0 heteroatoms. The number of hydrogen-bond donors (Lipinski definition) is 0.